The van der Waals surface area contributed by atoms with Crippen LogP contribution in [0.5, 0.6) is 0 Å². The minimum absolute atomic E-state index is 0.171. The van der Waals surface area contributed by atoms with Crippen molar-refractivity contribution in [3.8, 4) is 0 Å². The van der Waals surface area contributed by atoms with E-state index in [1.807, 2.05) is 0 Å². The molecule has 0 saturated carbocycles. The Morgan fingerprint density at radius 1 is 1.73 bits per heavy atom. The lowest BCUT2D eigenvalue weighted by atomic mass is 10.4. The highest BCUT2D eigenvalue weighted by Gasteiger charge is 1.95. The fourth-order valence-electron chi connectivity index (χ4n) is 0.473. The van der Waals surface area contributed by atoms with Crippen LogP contribution in [0.25, 0.3) is 0 Å². The van der Waals surface area contributed by atoms with Crippen molar-refractivity contribution in [3.05, 3.63) is 11.9 Å². The van der Waals surface area contributed by atoms with Gasteiger partial charge in [0.05, 0.1) is 0 Å². The molecule has 0 aromatic carbocycles. The van der Waals surface area contributed by atoms with Crippen LogP contribution in [0.2, 0.25) is 0 Å². The number of hydrogen-bond acceptors (Lipinski definition) is 3. The molecule has 0 atom stereocenters. The zero-order chi connectivity index (χ0) is 8.69. The molecule has 60 valence electrons. The Hall–Kier alpha value is -1.65. The van der Waals surface area contributed by atoms with Crippen LogP contribution in [0, 0.1) is 5.41 Å². The number of nitrogens with zero attached hydrogens (tertiary/aromatic N) is 2. The second kappa shape index (κ2) is 5.16. The minimum Gasteiger partial charge on any atom is -0.392 e. The number of nitrogens with one attached hydrogen (secondary N) is 2. The third kappa shape index (κ3) is 3.14. The predicted octanol–water partition coefficient (Wildman–Crippen LogP) is -0.288. The van der Waals surface area contributed by atoms with E-state index >= 15 is 0 Å². The van der Waals surface area contributed by atoms with E-state index < -0.39 is 0 Å². The van der Waals surface area contributed by atoms with E-state index in [-0.39, 0.29) is 5.84 Å². The van der Waals surface area contributed by atoms with E-state index in [1.54, 1.807) is 13.2 Å². The molecule has 0 fully saturated rings. The van der Waals surface area contributed by atoms with Gasteiger partial charge in [0, 0.05) is 13.2 Å². The molecule has 0 amide bonds. The molecule has 0 aliphatic rings. The number of hydrogen-bond donors (Lipinski definition) is 3. The van der Waals surface area contributed by atoms with Gasteiger partial charge >= 0.3 is 0 Å². The van der Waals surface area contributed by atoms with Gasteiger partial charge in [0.15, 0.2) is 5.84 Å². The molecule has 0 unspecified atom stereocenters. The molecular weight excluding hydrogens is 142 g/mol. The lowest BCUT2D eigenvalue weighted by Crippen LogP contribution is -2.15. The zero-order valence-electron chi connectivity index (χ0n) is 6.33. The molecule has 0 aromatic rings. The number of rotatable bonds is 4. The van der Waals surface area contributed by atoms with Crippen LogP contribution in [0.4, 0.5) is 0 Å². The maximum absolute atomic E-state index is 6.63. The standard InChI is InChI=1S/C6H11N5/c1-9-3-5(10-2)6(8)11-4-7/h3-4,9H,2H2,1H3,(H3,7,8,11)/b5-3-. The molecule has 0 heterocycles. The molecule has 5 heteroatoms. The Morgan fingerprint density at radius 2 is 2.36 bits per heavy atom. The molecule has 11 heavy (non-hydrogen) atoms. The SMILES string of the molecule is C=NC(=C\NC)/C(N)=N\C=N. The van der Waals surface area contributed by atoms with Gasteiger partial charge in [0.25, 0.3) is 0 Å². The van der Waals surface area contributed by atoms with Gasteiger partial charge < -0.3 is 11.1 Å². The van der Waals surface area contributed by atoms with Crippen LogP contribution in [-0.4, -0.2) is 25.9 Å². The van der Waals surface area contributed by atoms with Crippen molar-refractivity contribution >= 4 is 18.9 Å². The van der Waals surface area contributed by atoms with E-state index in [9.17, 15) is 0 Å². The highest BCUT2D eigenvalue weighted by atomic mass is 14.9. The van der Waals surface area contributed by atoms with Gasteiger partial charge in [-0.15, -0.1) is 0 Å². The Labute approximate surface area is 65.2 Å². The summed E-state index contributed by atoms with van der Waals surface area (Å²) < 4.78 is 0. The predicted molar refractivity (Wildman–Crippen MR) is 47.1 cm³/mol. The Bertz CT molecular complexity index is 203. The summed E-state index contributed by atoms with van der Waals surface area (Å²) in [5.74, 6) is 0.171. The Morgan fingerprint density at radius 3 is 2.73 bits per heavy atom. The first kappa shape index (κ1) is 9.35. The first-order valence-corrected chi connectivity index (χ1v) is 2.93. The van der Waals surface area contributed by atoms with Gasteiger partial charge in [-0.05, 0) is 6.72 Å². The van der Waals surface area contributed by atoms with Crippen LogP contribution < -0.4 is 11.1 Å². The van der Waals surface area contributed by atoms with Crippen LogP contribution in [0.1, 0.15) is 0 Å². The highest BCUT2D eigenvalue weighted by Crippen LogP contribution is 1.91. The average molecular weight is 153 g/mol. The Balaban J connectivity index is 4.50. The summed E-state index contributed by atoms with van der Waals surface area (Å²) in [5, 5.41) is 9.36. The quantitative estimate of drug-likeness (QED) is 0.383. The first-order valence-electron chi connectivity index (χ1n) is 2.93. The molecule has 0 radical (unpaired) electrons. The zero-order valence-corrected chi connectivity index (χ0v) is 6.33. The summed E-state index contributed by atoms with van der Waals surface area (Å²) in [5.41, 5.74) is 5.81. The van der Waals surface area contributed by atoms with Crippen molar-refractivity contribution in [1.82, 2.24) is 5.32 Å². The fourth-order valence-corrected chi connectivity index (χ4v) is 0.473. The molecule has 0 aliphatic heterocycles. The molecule has 0 saturated heterocycles. The Kier molecular flexibility index (Phi) is 4.39. The minimum atomic E-state index is 0.171. The maximum atomic E-state index is 6.63. The largest absolute Gasteiger partial charge is 0.392 e. The van der Waals surface area contributed by atoms with Crippen LogP contribution >= 0.6 is 0 Å². The molecular formula is C6H11N5. The summed E-state index contributed by atoms with van der Waals surface area (Å²) in [7, 11) is 1.71. The van der Waals surface area contributed by atoms with Crippen LogP contribution in [-0.2, 0) is 0 Å². The summed E-state index contributed by atoms with van der Waals surface area (Å²) in [4.78, 5) is 7.09. The lowest BCUT2D eigenvalue weighted by molar-refractivity contribution is 1.08. The van der Waals surface area contributed by atoms with Crippen LogP contribution in [0.15, 0.2) is 21.9 Å². The topological polar surface area (TPSA) is 86.6 Å². The lowest BCUT2D eigenvalue weighted by Gasteiger charge is -1.97. The number of amidine groups is 1. The third-order valence-electron chi connectivity index (χ3n) is 0.917. The normalized spacial score (nSPS) is 12.5. The van der Waals surface area contributed by atoms with Gasteiger partial charge in [0.1, 0.15) is 12.0 Å². The van der Waals surface area contributed by atoms with Gasteiger partial charge in [-0.1, -0.05) is 0 Å². The molecule has 0 rings (SSSR count). The van der Waals surface area contributed by atoms with Crippen molar-refractivity contribution < 1.29 is 0 Å². The van der Waals surface area contributed by atoms with E-state index in [2.05, 4.69) is 22.0 Å². The van der Waals surface area contributed by atoms with E-state index in [1.165, 1.54) is 0 Å². The van der Waals surface area contributed by atoms with E-state index in [0.29, 0.717) is 5.70 Å². The van der Waals surface area contributed by atoms with Crippen molar-refractivity contribution in [2.24, 2.45) is 15.7 Å². The second-order valence-electron chi connectivity index (χ2n) is 1.62. The molecule has 0 aromatic heterocycles. The fraction of sp³-hybridized carbons (Fsp3) is 0.167. The van der Waals surface area contributed by atoms with Gasteiger partial charge in [0.2, 0.25) is 0 Å². The smallest absolute Gasteiger partial charge is 0.152 e. The van der Waals surface area contributed by atoms with Gasteiger partial charge in [-0.2, -0.15) is 0 Å². The van der Waals surface area contributed by atoms with Crippen molar-refractivity contribution in [3.63, 3.8) is 0 Å². The summed E-state index contributed by atoms with van der Waals surface area (Å²) in [6, 6.07) is 0. The molecule has 0 aliphatic carbocycles. The maximum Gasteiger partial charge on any atom is 0.152 e. The molecule has 5 nitrogen and oxygen atoms in total. The third-order valence-corrected chi connectivity index (χ3v) is 0.917. The van der Waals surface area contributed by atoms with Crippen LogP contribution in [0.3, 0.4) is 0 Å². The number of aliphatic imine (C=N–C) groups is 2. The average Bonchev–Trinajstić information content (AvgIpc) is 2.00. The molecule has 0 spiro atoms. The number of nitrogens with two attached hydrogens (primary N) is 1. The van der Waals surface area contributed by atoms with Crippen molar-refractivity contribution in [1.29, 1.82) is 5.41 Å². The van der Waals surface area contributed by atoms with E-state index in [0.717, 1.165) is 6.34 Å². The summed E-state index contributed by atoms with van der Waals surface area (Å²) in [6.07, 6.45) is 2.40. The molecule has 0 bridgehead atoms. The monoisotopic (exact) mass is 153 g/mol. The van der Waals surface area contributed by atoms with Gasteiger partial charge in [-0.3, -0.25) is 10.4 Å². The summed E-state index contributed by atoms with van der Waals surface area (Å²) in [6.45, 7) is 3.29. The summed E-state index contributed by atoms with van der Waals surface area (Å²) >= 11 is 0. The second-order valence-corrected chi connectivity index (χ2v) is 1.62. The van der Waals surface area contributed by atoms with Crippen molar-refractivity contribution in [2.45, 2.75) is 0 Å². The highest BCUT2D eigenvalue weighted by molar-refractivity contribution is 6.00. The van der Waals surface area contributed by atoms with Gasteiger partial charge in [-0.25, -0.2) is 4.99 Å². The molecule has 4 N–H and O–H groups in total. The van der Waals surface area contributed by atoms with Crippen molar-refractivity contribution in [2.75, 3.05) is 7.05 Å². The van der Waals surface area contributed by atoms with E-state index in [4.69, 9.17) is 11.1 Å². The first-order chi connectivity index (χ1) is 5.26.